The van der Waals surface area contributed by atoms with Crippen LogP contribution in [0, 0.1) is 0 Å². The van der Waals surface area contributed by atoms with E-state index in [1.165, 1.54) is 12.7 Å². The second-order valence-corrected chi connectivity index (χ2v) is 7.31. The lowest BCUT2D eigenvalue weighted by Gasteiger charge is -2.24. The highest BCUT2D eigenvalue weighted by molar-refractivity contribution is 5.95. The highest BCUT2D eigenvalue weighted by atomic mass is 16.5. The second kappa shape index (κ2) is 10.9. The van der Waals surface area contributed by atoms with Crippen LogP contribution in [0.15, 0.2) is 67.0 Å². The van der Waals surface area contributed by atoms with Crippen LogP contribution in [-0.2, 0) is 24.3 Å². The van der Waals surface area contributed by atoms with Gasteiger partial charge in [0.15, 0.2) is 18.1 Å². The number of aromatic nitrogens is 1. The number of carbonyl (C=O) groups is 2. The molecule has 166 valence electrons. The summed E-state index contributed by atoms with van der Waals surface area (Å²) in [6.07, 6.45) is 4.42. The molecule has 0 fully saturated rings. The molecular formula is C25H27N3O4. The highest BCUT2D eigenvalue weighted by Gasteiger charge is 2.19. The van der Waals surface area contributed by atoms with Crippen LogP contribution in [0.4, 0.5) is 0 Å². The minimum atomic E-state index is -0.594. The Hall–Kier alpha value is -3.87. The molecular weight excluding hydrogens is 406 g/mol. The summed E-state index contributed by atoms with van der Waals surface area (Å²) in [5.41, 5.74) is 8.80. The quantitative estimate of drug-likeness (QED) is 0.529. The molecule has 3 rings (SSSR count). The second-order valence-electron chi connectivity index (χ2n) is 7.31. The summed E-state index contributed by atoms with van der Waals surface area (Å²) < 4.78 is 10.7. The van der Waals surface area contributed by atoms with Crippen molar-refractivity contribution >= 4 is 11.8 Å². The molecule has 0 aliphatic carbocycles. The van der Waals surface area contributed by atoms with Crippen molar-refractivity contribution in [2.45, 2.75) is 26.4 Å². The smallest absolute Gasteiger partial charge is 0.255 e. The average molecular weight is 434 g/mol. The number of aryl methyl sites for hydroxylation is 1. The number of rotatable bonds is 10. The molecule has 1 heterocycles. The van der Waals surface area contributed by atoms with Gasteiger partial charge in [0, 0.05) is 31.0 Å². The average Bonchev–Trinajstić information content (AvgIpc) is 2.82. The monoisotopic (exact) mass is 433 g/mol. The van der Waals surface area contributed by atoms with Crippen molar-refractivity contribution in [3.05, 3.63) is 89.2 Å². The number of ether oxygens (including phenoxy) is 2. The molecule has 2 N–H and O–H groups in total. The van der Waals surface area contributed by atoms with E-state index < -0.39 is 5.91 Å². The molecule has 0 unspecified atom stereocenters. The maximum atomic E-state index is 13.5. The van der Waals surface area contributed by atoms with E-state index in [-0.39, 0.29) is 12.5 Å². The van der Waals surface area contributed by atoms with E-state index in [0.717, 1.165) is 17.5 Å². The minimum Gasteiger partial charge on any atom is -0.493 e. The molecule has 3 aromatic rings. The van der Waals surface area contributed by atoms with Crippen LogP contribution < -0.4 is 15.2 Å². The molecule has 1 aromatic heterocycles. The maximum Gasteiger partial charge on any atom is 0.255 e. The normalized spacial score (nSPS) is 10.4. The number of amides is 2. The Morgan fingerprint density at radius 3 is 2.31 bits per heavy atom. The summed E-state index contributed by atoms with van der Waals surface area (Å²) in [4.78, 5) is 30.4. The standard InChI is InChI=1S/C25H27N3O4/c1-3-18-6-8-19(9-7-18)15-28(16-20-5-4-12-27-14-20)25(30)21-10-11-22(23(13-21)31-2)32-17-24(26)29/h4-14H,3,15-17H2,1-2H3,(H2,26,29). The largest absolute Gasteiger partial charge is 0.493 e. The highest BCUT2D eigenvalue weighted by Crippen LogP contribution is 2.29. The Bertz CT molecular complexity index is 1050. The SMILES string of the molecule is CCc1ccc(CN(Cc2cccnc2)C(=O)c2ccc(OCC(N)=O)c(OC)c2)cc1. The molecule has 2 amide bonds. The van der Waals surface area contributed by atoms with Crippen molar-refractivity contribution in [3.63, 3.8) is 0 Å². The van der Waals surface area contributed by atoms with Gasteiger partial charge in [0.25, 0.3) is 11.8 Å². The van der Waals surface area contributed by atoms with Crippen molar-refractivity contribution < 1.29 is 19.1 Å². The first kappa shape index (κ1) is 22.8. The Balaban J connectivity index is 1.87. The first-order valence-electron chi connectivity index (χ1n) is 10.3. The number of hydrogen-bond donors (Lipinski definition) is 1. The lowest BCUT2D eigenvalue weighted by atomic mass is 10.1. The molecule has 7 nitrogen and oxygen atoms in total. The molecule has 0 saturated heterocycles. The van der Waals surface area contributed by atoms with E-state index in [2.05, 4.69) is 24.0 Å². The van der Waals surface area contributed by atoms with E-state index in [1.807, 2.05) is 24.3 Å². The number of hydrogen-bond acceptors (Lipinski definition) is 5. The number of carbonyl (C=O) groups excluding carboxylic acids is 2. The Morgan fingerprint density at radius 1 is 0.969 bits per heavy atom. The predicted molar refractivity (Wildman–Crippen MR) is 121 cm³/mol. The zero-order chi connectivity index (χ0) is 22.9. The van der Waals surface area contributed by atoms with Gasteiger partial charge in [-0.25, -0.2) is 0 Å². The van der Waals surface area contributed by atoms with Crippen LogP contribution in [0.2, 0.25) is 0 Å². The third kappa shape index (κ3) is 6.07. The third-order valence-electron chi connectivity index (χ3n) is 4.97. The third-order valence-corrected chi connectivity index (χ3v) is 4.97. The number of nitrogens with two attached hydrogens (primary N) is 1. The van der Waals surface area contributed by atoms with E-state index >= 15 is 0 Å². The summed E-state index contributed by atoms with van der Waals surface area (Å²) in [5, 5.41) is 0. The summed E-state index contributed by atoms with van der Waals surface area (Å²) in [5.74, 6) is -0.0559. The molecule has 32 heavy (non-hydrogen) atoms. The summed E-state index contributed by atoms with van der Waals surface area (Å²) >= 11 is 0. The number of pyridine rings is 1. The molecule has 2 aromatic carbocycles. The van der Waals surface area contributed by atoms with Crippen molar-refractivity contribution in [2.75, 3.05) is 13.7 Å². The number of benzene rings is 2. The van der Waals surface area contributed by atoms with E-state index in [4.69, 9.17) is 15.2 Å². The summed E-state index contributed by atoms with van der Waals surface area (Å²) in [6.45, 7) is 2.69. The summed E-state index contributed by atoms with van der Waals surface area (Å²) in [7, 11) is 1.48. The van der Waals surface area contributed by atoms with E-state index in [1.54, 1.807) is 35.5 Å². The van der Waals surface area contributed by atoms with Gasteiger partial charge < -0.3 is 20.1 Å². The molecule has 0 radical (unpaired) electrons. The van der Waals surface area contributed by atoms with Crippen molar-refractivity contribution in [2.24, 2.45) is 5.73 Å². The van der Waals surface area contributed by atoms with Crippen LogP contribution in [0.25, 0.3) is 0 Å². The van der Waals surface area contributed by atoms with Gasteiger partial charge in [-0.2, -0.15) is 0 Å². The van der Waals surface area contributed by atoms with Gasteiger partial charge in [0.05, 0.1) is 7.11 Å². The van der Waals surface area contributed by atoms with Gasteiger partial charge >= 0.3 is 0 Å². The van der Waals surface area contributed by atoms with E-state index in [9.17, 15) is 9.59 Å². The fraction of sp³-hybridized carbons (Fsp3) is 0.240. The molecule has 7 heteroatoms. The molecule has 0 aliphatic rings. The van der Waals surface area contributed by atoms with Crippen molar-refractivity contribution in [3.8, 4) is 11.5 Å². The van der Waals surface area contributed by atoms with Crippen molar-refractivity contribution in [1.82, 2.24) is 9.88 Å². The van der Waals surface area contributed by atoms with Gasteiger partial charge in [-0.05, 0) is 47.4 Å². The van der Waals surface area contributed by atoms with Gasteiger partial charge in [-0.15, -0.1) is 0 Å². The van der Waals surface area contributed by atoms with Gasteiger partial charge in [-0.3, -0.25) is 14.6 Å². The topological polar surface area (TPSA) is 94.8 Å². The fourth-order valence-corrected chi connectivity index (χ4v) is 3.26. The molecule has 0 aliphatic heterocycles. The maximum absolute atomic E-state index is 13.5. The Kier molecular flexibility index (Phi) is 7.80. The number of primary amides is 1. The van der Waals surface area contributed by atoms with Gasteiger partial charge in [0.1, 0.15) is 0 Å². The molecule has 0 saturated carbocycles. The Labute approximate surface area is 187 Å². The van der Waals surface area contributed by atoms with Gasteiger partial charge in [-0.1, -0.05) is 37.3 Å². The number of methoxy groups -OCH3 is 1. The zero-order valence-corrected chi connectivity index (χ0v) is 18.3. The van der Waals surface area contributed by atoms with Crippen LogP contribution >= 0.6 is 0 Å². The zero-order valence-electron chi connectivity index (χ0n) is 18.3. The predicted octanol–water partition coefficient (Wildman–Crippen LogP) is 3.36. The van der Waals surface area contributed by atoms with Crippen LogP contribution in [0.3, 0.4) is 0 Å². The lowest BCUT2D eigenvalue weighted by molar-refractivity contribution is -0.119. The van der Waals surface area contributed by atoms with Gasteiger partial charge in [0.2, 0.25) is 0 Å². The van der Waals surface area contributed by atoms with Crippen LogP contribution in [0.5, 0.6) is 11.5 Å². The Morgan fingerprint density at radius 2 is 1.69 bits per heavy atom. The van der Waals surface area contributed by atoms with Crippen LogP contribution in [-0.4, -0.2) is 35.4 Å². The van der Waals surface area contributed by atoms with E-state index in [0.29, 0.717) is 30.2 Å². The first-order valence-corrected chi connectivity index (χ1v) is 10.3. The lowest BCUT2D eigenvalue weighted by Crippen LogP contribution is -2.30. The number of nitrogens with zero attached hydrogens (tertiary/aromatic N) is 2. The summed E-state index contributed by atoms with van der Waals surface area (Å²) in [6, 6.07) is 16.9. The minimum absolute atomic E-state index is 0.159. The molecule has 0 bridgehead atoms. The molecule has 0 atom stereocenters. The molecule has 0 spiro atoms. The first-order chi connectivity index (χ1) is 15.5. The van der Waals surface area contributed by atoms with Crippen LogP contribution in [0.1, 0.15) is 34.0 Å². The fourth-order valence-electron chi connectivity index (χ4n) is 3.26. The van der Waals surface area contributed by atoms with Crippen molar-refractivity contribution in [1.29, 1.82) is 0 Å².